The molecule has 9 heteroatoms. The van der Waals surface area contributed by atoms with Crippen LogP contribution in [0.1, 0.15) is 0 Å². The summed E-state index contributed by atoms with van der Waals surface area (Å²) in [5.74, 6) is 0.737. The van der Waals surface area contributed by atoms with Gasteiger partial charge in [-0.3, -0.25) is 0 Å². The molecule has 2 aromatic carbocycles. The molecule has 0 saturated carbocycles. The number of nitrogens with one attached hydrogen (secondary N) is 1. The quantitative estimate of drug-likeness (QED) is 0.520. The second-order valence-electron chi connectivity index (χ2n) is 6.44. The summed E-state index contributed by atoms with van der Waals surface area (Å²) >= 11 is 0. The lowest BCUT2D eigenvalue weighted by molar-refractivity contribution is 0.373. The van der Waals surface area contributed by atoms with Crippen molar-refractivity contribution in [1.82, 2.24) is 14.5 Å². The molecule has 0 amide bonds. The summed E-state index contributed by atoms with van der Waals surface area (Å²) in [5.41, 5.74) is 2.05. The molecule has 0 aliphatic heterocycles. The molecule has 148 valence electrons. The summed E-state index contributed by atoms with van der Waals surface area (Å²) in [6, 6.07) is 13.4. The number of fused-ring (bicyclic) bond motifs is 1. The first-order valence-electron chi connectivity index (χ1n) is 8.64. The number of nitrogens with zero attached hydrogens (tertiary/aromatic N) is 3. The highest BCUT2D eigenvalue weighted by Gasteiger charge is 2.11. The second-order valence-corrected chi connectivity index (χ2v) is 8.45. The first kappa shape index (κ1) is 18.8. The smallest absolute Gasteiger partial charge is 0.229 e. The number of ether oxygens (including phenoxy) is 1. The van der Waals surface area contributed by atoms with Gasteiger partial charge in [-0.25, -0.2) is 13.4 Å². The van der Waals surface area contributed by atoms with Gasteiger partial charge in [0.2, 0.25) is 5.95 Å². The molecule has 0 bridgehead atoms. The van der Waals surface area contributed by atoms with Crippen LogP contribution in [-0.2, 0) is 9.84 Å². The Labute approximate surface area is 167 Å². The highest BCUT2D eigenvalue weighted by molar-refractivity contribution is 7.90. The van der Waals surface area contributed by atoms with Crippen LogP contribution in [0, 0.1) is 0 Å². The van der Waals surface area contributed by atoms with Crippen molar-refractivity contribution in [1.29, 1.82) is 0 Å². The molecular weight excluding hydrogens is 392 g/mol. The third kappa shape index (κ3) is 3.72. The van der Waals surface area contributed by atoms with Crippen molar-refractivity contribution in [2.45, 2.75) is 4.90 Å². The zero-order valence-corrected chi connectivity index (χ0v) is 16.5. The van der Waals surface area contributed by atoms with Crippen LogP contribution in [0.4, 0.5) is 11.6 Å². The molecule has 0 unspecified atom stereocenters. The number of methoxy groups -OCH3 is 1. The molecule has 0 fully saturated rings. The molecule has 4 aromatic rings. The summed E-state index contributed by atoms with van der Waals surface area (Å²) in [6.45, 7) is 0. The molecule has 0 spiro atoms. The lowest BCUT2D eigenvalue weighted by Crippen LogP contribution is -2.01. The van der Waals surface area contributed by atoms with Gasteiger partial charge in [0.05, 0.1) is 12.0 Å². The van der Waals surface area contributed by atoms with Crippen LogP contribution in [0.15, 0.2) is 65.8 Å². The maximum atomic E-state index is 11.7. The highest BCUT2D eigenvalue weighted by Crippen LogP contribution is 2.30. The minimum absolute atomic E-state index is 0.00733. The molecule has 0 aliphatic rings. The van der Waals surface area contributed by atoms with Crippen LogP contribution in [-0.4, -0.2) is 41.4 Å². The number of phenolic OH excluding ortho intramolecular Hbond substituents is 1. The van der Waals surface area contributed by atoms with Crippen molar-refractivity contribution >= 4 is 32.5 Å². The predicted octanol–water partition coefficient (Wildman–Crippen LogP) is 3.28. The van der Waals surface area contributed by atoms with Crippen molar-refractivity contribution in [3.05, 3.63) is 60.9 Å². The second kappa shape index (κ2) is 7.10. The maximum Gasteiger partial charge on any atom is 0.229 e. The molecule has 2 aromatic heterocycles. The van der Waals surface area contributed by atoms with Crippen LogP contribution in [0.5, 0.6) is 11.5 Å². The number of hydrogen-bond acceptors (Lipinski definition) is 7. The predicted molar refractivity (Wildman–Crippen MR) is 110 cm³/mol. The van der Waals surface area contributed by atoms with Gasteiger partial charge in [0.1, 0.15) is 5.65 Å². The van der Waals surface area contributed by atoms with E-state index in [0.717, 1.165) is 11.1 Å². The normalized spacial score (nSPS) is 11.5. The van der Waals surface area contributed by atoms with Crippen LogP contribution in [0.3, 0.4) is 0 Å². The van der Waals surface area contributed by atoms with Gasteiger partial charge >= 0.3 is 0 Å². The van der Waals surface area contributed by atoms with E-state index in [1.54, 1.807) is 42.6 Å². The van der Waals surface area contributed by atoms with E-state index in [4.69, 9.17) is 4.74 Å². The van der Waals surface area contributed by atoms with E-state index in [-0.39, 0.29) is 10.6 Å². The summed E-state index contributed by atoms with van der Waals surface area (Å²) in [7, 11) is -1.77. The Morgan fingerprint density at radius 2 is 1.86 bits per heavy atom. The number of rotatable bonds is 5. The number of aromatic hydroxyl groups is 1. The molecule has 2 heterocycles. The first-order chi connectivity index (χ1) is 13.8. The zero-order chi connectivity index (χ0) is 20.6. The average Bonchev–Trinajstić information content (AvgIpc) is 3.11. The van der Waals surface area contributed by atoms with Crippen LogP contribution in [0.2, 0.25) is 0 Å². The third-order valence-electron chi connectivity index (χ3n) is 4.41. The van der Waals surface area contributed by atoms with E-state index in [2.05, 4.69) is 15.3 Å². The van der Waals surface area contributed by atoms with Gasteiger partial charge in [-0.2, -0.15) is 4.98 Å². The third-order valence-corrected chi connectivity index (χ3v) is 5.53. The molecule has 29 heavy (non-hydrogen) atoms. The van der Waals surface area contributed by atoms with Crippen molar-refractivity contribution in [3.8, 4) is 17.2 Å². The SMILES string of the molecule is COc1ccc(Nc2ncc3ccn(-c4ccc(S(C)(=O)=O)cc4)c3n2)cc1O. The molecule has 2 N–H and O–H groups in total. The Morgan fingerprint density at radius 3 is 2.52 bits per heavy atom. The van der Waals surface area contributed by atoms with Crippen molar-refractivity contribution in [3.63, 3.8) is 0 Å². The van der Waals surface area contributed by atoms with E-state index >= 15 is 0 Å². The zero-order valence-electron chi connectivity index (χ0n) is 15.7. The van der Waals surface area contributed by atoms with Gasteiger partial charge in [0.15, 0.2) is 21.3 Å². The largest absolute Gasteiger partial charge is 0.504 e. The summed E-state index contributed by atoms with van der Waals surface area (Å²) in [4.78, 5) is 9.12. The van der Waals surface area contributed by atoms with Gasteiger partial charge in [-0.05, 0) is 42.5 Å². The van der Waals surface area contributed by atoms with Crippen LogP contribution >= 0.6 is 0 Å². The van der Waals surface area contributed by atoms with Gasteiger partial charge < -0.3 is 19.7 Å². The molecular formula is C20H18N4O4S. The molecule has 0 atom stereocenters. The fourth-order valence-electron chi connectivity index (χ4n) is 2.94. The van der Waals surface area contributed by atoms with E-state index in [1.807, 2.05) is 16.8 Å². The van der Waals surface area contributed by atoms with Crippen LogP contribution < -0.4 is 10.1 Å². The minimum atomic E-state index is -3.26. The number of benzene rings is 2. The van der Waals surface area contributed by atoms with Crippen LogP contribution in [0.25, 0.3) is 16.7 Å². The molecule has 0 radical (unpaired) electrons. The minimum Gasteiger partial charge on any atom is -0.504 e. The molecule has 8 nitrogen and oxygen atoms in total. The Kier molecular flexibility index (Phi) is 4.59. The molecule has 4 rings (SSSR count). The lowest BCUT2D eigenvalue weighted by atomic mass is 10.3. The van der Waals surface area contributed by atoms with E-state index in [1.165, 1.54) is 19.4 Å². The summed E-state index contributed by atoms with van der Waals surface area (Å²) in [6.07, 6.45) is 4.71. The van der Waals surface area contributed by atoms with Gasteiger partial charge in [0.25, 0.3) is 0 Å². The monoisotopic (exact) mass is 410 g/mol. The fraction of sp³-hybridized carbons (Fsp3) is 0.100. The van der Waals surface area contributed by atoms with Crippen molar-refractivity contribution < 1.29 is 18.3 Å². The van der Waals surface area contributed by atoms with E-state index in [0.29, 0.717) is 23.0 Å². The van der Waals surface area contributed by atoms with Crippen molar-refractivity contribution in [2.75, 3.05) is 18.7 Å². The standard InChI is InChI=1S/C20H18N4O4S/c1-28-18-8-3-14(11-17(18)25)22-20-21-12-13-9-10-24(19(13)23-20)15-4-6-16(7-5-15)29(2,26)27/h3-12,25H,1-2H3,(H,21,22,23). The summed E-state index contributed by atoms with van der Waals surface area (Å²) < 4.78 is 30.2. The Balaban J connectivity index is 1.68. The Hall–Kier alpha value is -3.59. The number of aromatic nitrogens is 3. The first-order valence-corrected chi connectivity index (χ1v) is 10.5. The molecule has 0 aliphatic carbocycles. The highest BCUT2D eigenvalue weighted by atomic mass is 32.2. The van der Waals surface area contributed by atoms with Gasteiger partial charge in [0, 0.05) is 41.5 Å². The van der Waals surface area contributed by atoms with E-state index < -0.39 is 9.84 Å². The van der Waals surface area contributed by atoms with E-state index in [9.17, 15) is 13.5 Å². The van der Waals surface area contributed by atoms with Crippen molar-refractivity contribution in [2.24, 2.45) is 0 Å². The number of hydrogen-bond donors (Lipinski definition) is 2. The number of sulfone groups is 1. The Bertz CT molecular complexity index is 1300. The fourth-order valence-corrected chi connectivity index (χ4v) is 3.57. The van der Waals surface area contributed by atoms with Gasteiger partial charge in [-0.1, -0.05) is 0 Å². The number of phenols is 1. The topological polar surface area (TPSA) is 106 Å². The lowest BCUT2D eigenvalue weighted by Gasteiger charge is -2.09. The average molecular weight is 410 g/mol. The summed E-state index contributed by atoms with van der Waals surface area (Å²) in [5, 5.41) is 13.8. The van der Waals surface area contributed by atoms with Gasteiger partial charge in [-0.15, -0.1) is 0 Å². The number of anilines is 2. The molecule has 0 saturated heterocycles. The maximum absolute atomic E-state index is 11.7. The Morgan fingerprint density at radius 1 is 1.10 bits per heavy atom.